The van der Waals surface area contributed by atoms with Gasteiger partial charge in [-0.2, -0.15) is 0 Å². The summed E-state index contributed by atoms with van der Waals surface area (Å²) in [5.74, 6) is 2.30. The molecule has 0 amide bonds. The number of rotatable bonds is 3. The third-order valence-corrected chi connectivity index (χ3v) is 3.68. The van der Waals surface area contributed by atoms with Crippen LogP contribution in [-0.4, -0.2) is 16.1 Å². The van der Waals surface area contributed by atoms with E-state index in [1.54, 1.807) is 0 Å². The van der Waals surface area contributed by atoms with Crippen molar-refractivity contribution in [3.05, 3.63) is 47.2 Å². The summed E-state index contributed by atoms with van der Waals surface area (Å²) < 4.78 is 5.67. The van der Waals surface area contributed by atoms with E-state index in [-0.39, 0.29) is 0 Å². The second-order valence-corrected chi connectivity index (χ2v) is 5.06. The van der Waals surface area contributed by atoms with Gasteiger partial charge >= 0.3 is 0 Å². The standard InChI is InChI=1S/C14H15ClN2O/c15-8-7-13-16-17-14(18-13)12-6-5-10-3-1-2-4-11(10)9-12/h1-4,12H,5-9H2. The van der Waals surface area contributed by atoms with Crippen molar-refractivity contribution in [1.29, 1.82) is 0 Å². The van der Waals surface area contributed by atoms with Gasteiger partial charge in [0.1, 0.15) is 0 Å². The van der Waals surface area contributed by atoms with Crippen LogP contribution in [0, 0.1) is 0 Å². The molecule has 0 spiro atoms. The molecule has 1 aliphatic rings. The lowest BCUT2D eigenvalue weighted by atomic mass is 9.84. The quantitative estimate of drug-likeness (QED) is 0.798. The average Bonchev–Trinajstić information content (AvgIpc) is 2.87. The molecule has 0 radical (unpaired) electrons. The van der Waals surface area contributed by atoms with Gasteiger partial charge in [0.15, 0.2) is 0 Å². The van der Waals surface area contributed by atoms with Gasteiger partial charge in [0.2, 0.25) is 11.8 Å². The van der Waals surface area contributed by atoms with Crippen LogP contribution >= 0.6 is 11.6 Å². The van der Waals surface area contributed by atoms with E-state index >= 15 is 0 Å². The lowest BCUT2D eigenvalue weighted by molar-refractivity contribution is 0.397. The maximum absolute atomic E-state index is 5.67. The summed E-state index contributed by atoms with van der Waals surface area (Å²) in [6.45, 7) is 0. The van der Waals surface area contributed by atoms with Crippen LogP contribution in [0.5, 0.6) is 0 Å². The predicted octanol–water partition coefficient (Wildman–Crippen LogP) is 3.12. The molecule has 0 saturated carbocycles. The van der Waals surface area contributed by atoms with Crippen LogP contribution in [0.15, 0.2) is 28.7 Å². The summed E-state index contributed by atoms with van der Waals surface area (Å²) >= 11 is 5.67. The molecule has 18 heavy (non-hydrogen) atoms. The fourth-order valence-corrected chi connectivity index (χ4v) is 2.68. The van der Waals surface area contributed by atoms with Gasteiger partial charge < -0.3 is 4.42 Å². The third kappa shape index (κ3) is 2.27. The first-order valence-corrected chi connectivity index (χ1v) is 6.85. The predicted molar refractivity (Wildman–Crippen MR) is 69.9 cm³/mol. The number of aryl methyl sites for hydroxylation is 2. The zero-order valence-electron chi connectivity index (χ0n) is 10.1. The summed E-state index contributed by atoms with van der Waals surface area (Å²) in [7, 11) is 0. The molecule has 0 saturated heterocycles. The molecule has 1 aromatic carbocycles. The smallest absolute Gasteiger partial charge is 0.219 e. The van der Waals surface area contributed by atoms with Crippen molar-refractivity contribution in [1.82, 2.24) is 10.2 Å². The minimum atomic E-state index is 0.358. The van der Waals surface area contributed by atoms with Crippen molar-refractivity contribution in [2.24, 2.45) is 0 Å². The molecule has 2 aromatic rings. The van der Waals surface area contributed by atoms with Crippen molar-refractivity contribution in [3.63, 3.8) is 0 Å². The Balaban J connectivity index is 1.78. The van der Waals surface area contributed by atoms with Gasteiger partial charge in [-0.3, -0.25) is 0 Å². The Hall–Kier alpha value is -1.35. The maximum atomic E-state index is 5.67. The van der Waals surface area contributed by atoms with Crippen molar-refractivity contribution >= 4 is 11.6 Å². The van der Waals surface area contributed by atoms with Gasteiger partial charge in [-0.15, -0.1) is 21.8 Å². The molecule has 3 rings (SSSR count). The Labute approximate surface area is 111 Å². The van der Waals surface area contributed by atoms with Crippen LogP contribution in [0.2, 0.25) is 0 Å². The second-order valence-electron chi connectivity index (χ2n) is 4.68. The fraction of sp³-hybridized carbons (Fsp3) is 0.429. The number of aromatic nitrogens is 2. The van der Waals surface area contributed by atoms with E-state index < -0.39 is 0 Å². The molecule has 1 aliphatic carbocycles. The number of nitrogens with zero attached hydrogens (tertiary/aromatic N) is 2. The van der Waals surface area contributed by atoms with Crippen molar-refractivity contribution in [2.45, 2.75) is 31.6 Å². The zero-order valence-corrected chi connectivity index (χ0v) is 10.9. The molecule has 0 N–H and O–H groups in total. The third-order valence-electron chi connectivity index (χ3n) is 3.49. The van der Waals surface area contributed by atoms with Gasteiger partial charge in [-0.05, 0) is 30.4 Å². The highest BCUT2D eigenvalue weighted by molar-refractivity contribution is 6.17. The van der Waals surface area contributed by atoms with E-state index in [9.17, 15) is 0 Å². The van der Waals surface area contributed by atoms with Crippen LogP contribution in [0.25, 0.3) is 0 Å². The van der Waals surface area contributed by atoms with Crippen LogP contribution in [0.4, 0.5) is 0 Å². The summed E-state index contributed by atoms with van der Waals surface area (Å²) in [4.78, 5) is 0. The van der Waals surface area contributed by atoms with Crippen molar-refractivity contribution in [2.75, 3.05) is 5.88 Å². The summed E-state index contributed by atoms with van der Waals surface area (Å²) in [5, 5.41) is 8.19. The van der Waals surface area contributed by atoms with E-state index in [0.29, 0.717) is 24.1 Å². The van der Waals surface area contributed by atoms with Crippen LogP contribution in [0.1, 0.15) is 35.2 Å². The molecule has 94 valence electrons. The molecular formula is C14H15ClN2O. The summed E-state index contributed by atoms with van der Waals surface area (Å²) in [5.41, 5.74) is 2.86. The highest BCUT2D eigenvalue weighted by atomic mass is 35.5. The molecular weight excluding hydrogens is 248 g/mol. The van der Waals surface area contributed by atoms with Crippen LogP contribution in [-0.2, 0) is 19.3 Å². The van der Waals surface area contributed by atoms with E-state index in [1.807, 2.05) is 0 Å². The molecule has 1 heterocycles. The highest BCUT2D eigenvalue weighted by Gasteiger charge is 2.24. The molecule has 0 fully saturated rings. The largest absolute Gasteiger partial charge is 0.425 e. The van der Waals surface area contributed by atoms with Gasteiger partial charge in [0.25, 0.3) is 0 Å². The van der Waals surface area contributed by atoms with Gasteiger partial charge in [-0.1, -0.05) is 24.3 Å². The minimum absolute atomic E-state index is 0.358. The number of hydrogen-bond acceptors (Lipinski definition) is 3. The second kappa shape index (κ2) is 5.11. The average molecular weight is 263 g/mol. The van der Waals surface area contributed by atoms with Gasteiger partial charge in [-0.25, -0.2) is 0 Å². The lowest BCUT2D eigenvalue weighted by Gasteiger charge is -2.21. The molecule has 1 aromatic heterocycles. The summed E-state index contributed by atoms with van der Waals surface area (Å²) in [6.07, 6.45) is 3.82. The van der Waals surface area contributed by atoms with E-state index in [0.717, 1.165) is 25.2 Å². The SMILES string of the molecule is ClCCc1nnc(C2CCc3ccccc3C2)o1. The molecule has 4 heteroatoms. The molecule has 0 aliphatic heterocycles. The minimum Gasteiger partial charge on any atom is -0.425 e. The Bertz CT molecular complexity index is 538. The molecule has 3 nitrogen and oxygen atoms in total. The highest BCUT2D eigenvalue weighted by Crippen LogP contribution is 2.31. The first-order chi connectivity index (χ1) is 8.86. The zero-order chi connectivity index (χ0) is 12.4. The van der Waals surface area contributed by atoms with E-state index in [4.69, 9.17) is 16.0 Å². The Kier molecular flexibility index (Phi) is 3.33. The maximum Gasteiger partial charge on any atom is 0.219 e. The first kappa shape index (κ1) is 11.7. The van der Waals surface area contributed by atoms with E-state index in [2.05, 4.69) is 34.5 Å². The fourth-order valence-electron chi connectivity index (χ4n) is 2.52. The Morgan fingerprint density at radius 1 is 1.22 bits per heavy atom. The number of alkyl halides is 1. The molecule has 1 atom stereocenters. The Morgan fingerprint density at radius 3 is 2.89 bits per heavy atom. The topological polar surface area (TPSA) is 38.9 Å². The number of benzene rings is 1. The molecule has 0 bridgehead atoms. The monoisotopic (exact) mass is 262 g/mol. The number of fused-ring (bicyclic) bond motifs is 1. The lowest BCUT2D eigenvalue weighted by Crippen LogP contribution is -2.12. The van der Waals surface area contributed by atoms with Crippen molar-refractivity contribution < 1.29 is 4.42 Å². The molecule has 1 unspecified atom stereocenters. The van der Waals surface area contributed by atoms with E-state index in [1.165, 1.54) is 11.1 Å². The van der Waals surface area contributed by atoms with Gasteiger partial charge in [0, 0.05) is 18.2 Å². The number of halogens is 1. The number of hydrogen-bond donors (Lipinski definition) is 0. The van der Waals surface area contributed by atoms with Crippen LogP contribution < -0.4 is 0 Å². The first-order valence-electron chi connectivity index (χ1n) is 6.32. The summed E-state index contributed by atoms with van der Waals surface area (Å²) in [6, 6.07) is 8.59. The Morgan fingerprint density at radius 2 is 2.06 bits per heavy atom. The van der Waals surface area contributed by atoms with Crippen molar-refractivity contribution in [3.8, 4) is 0 Å². The van der Waals surface area contributed by atoms with Crippen LogP contribution in [0.3, 0.4) is 0 Å². The van der Waals surface area contributed by atoms with Gasteiger partial charge in [0.05, 0.1) is 0 Å². The normalized spacial score (nSPS) is 18.6.